The van der Waals surface area contributed by atoms with Crippen LogP contribution in [0.5, 0.6) is 0 Å². The van der Waals surface area contributed by atoms with E-state index in [2.05, 4.69) is 32.9 Å². The molecule has 0 radical (unpaired) electrons. The molecule has 0 amide bonds. The number of rotatable bonds is 1. The summed E-state index contributed by atoms with van der Waals surface area (Å²) in [5.41, 5.74) is 3.36. The molecule has 3 rings (SSSR count). The summed E-state index contributed by atoms with van der Waals surface area (Å²) in [5, 5.41) is 1.21. The van der Waals surface area contributed by atoms with Gasteiger partial charge in [-0.15, -0.1) is 0 Å². The van der Waals surface area contributed by atoms with Crippen molar-refractivity contribution >= 4 is 23.1 Å². The van der Waals surface area contributed by atoms with Crippen molar-refractivity contribution in [1.29, 1.82) is 0 Å². The third-order valence-corrected chi connectivity index (χ3v) is 3.07. The van der Waals surface area contributed by atoms with E-state index in [-0.39, 0.29) is 0 Å². The second-order valence-corrected chi connectivity index (χ2v) is 4.35. The van der Waals surface area contributed by atoms with Gasteiger partial charge >= 0.3 is 0 Å². The van der Waals surface area contributed by atoms with Crippen LogP contribution in [0.15, 0.2) is 42.7 Å². The van der Waals surface area contributed by atoms with Crippen molar-refractivity contribution in [3.05, 3.63) is 47.5 Å². The Morgan fingerprint density at radius 1 is 1.24 bits per heavy atom. The highest BCUT2D eigenvalue weighted by Gasteiger charge is 2.07. The van der Waals surface area contributed by atoms with Crippen LogP contribution in [0, 0.1) is 4.77 Å². The predicted octanol–water partition coefficient (Wildman–Crippen LogP) is 3.30. The van der Waals surface area contributed by atoms with Gasteiger partial charge in [0.15, 0.2) is 4.77 Å². The van der Waals surface area contributed by atoms with Gasteiger partial charge in [-0.2, -0.15) is 0 Å². The van der Waals surface area contributed by atoms with Crippen LogP contribution in [0.3, 0.4) is 0 Å². The van der Waals surface area contributed by atoms with E-state index in [0.29, 0.717) is 4.77 Å². The molecule has 1 N–H and O–H groups in total. The van der Waals surface area contributed by atoms with Crippen molar-refractivity contribution < 1.29 is 0 Å². The Morgan fingerprint density at radius 2 is 2.06 bits per heavy atom. The smallest absolute Gasteiger partial charge is 0.197 e. The maximum atomic E-state index is 5.06. The zero-order valence-electron chi connectivity index (χ0n) is 9.34. The fraction of sp³-hybridized carbons (Fsp3) is 0.0769. The van der Waals surface area contributed by atoms with E-state index in [9.17, 15) is 0 Å². The highest BCUT2D eigenvalue weighted by Crippen LogP contribution is 2.28. The van der Waals surface area contributed by atoms with Gasteiger partial charge in [-0.25, -0.2) is 4.98 Å². The van der Waals surface area contributed by atoms with E-state index < -0.39 is 0 Å². The summed E-state index contributed by atoms with van der Waals surface area (Å²) >= 11 is 5.06. The molecular formula is C13H11N3S. The molecule has 0 atom stereocenters. The lowest BCUT2D eigenvalue weighted by Gasteiger charge is -1.98. The summed E-state index contributed by atoms with van der Waals surface area (Å²) in [5.74, 6) is 0. The molecule has 3 aromatic rings. The number of fused-ring (bicyclic) bond motifs is 1. The first kappa shape index (κ1) is 10.2. The van der Waals surface area contributed by atoms with Crippen LogP contribution in [-0.4, -0.2) is 14.5 Å². The second-order valence-electron chi connectivity index (χ2n) is 3.96. The van der Waals surface area contributed by atoms with Crippen LogP contribution in [0.4, 0.5) is 0 Å². The Morgan fingerprint density at radius 3 is 2.88 bits per heavy atom. The molecule has 2 aromatic heterocycles. The lowest BCUT2D eigenvalue weighted by molar-refractivity contribution is 0.969. The van der Waals surface area contributed by atoms with Crippen LogP contribution in [0.1, 0.15) is 0 Å². The molecule has 0 aliphatic rings. The van der Waals surface area contributed by atoms with E-state index in [1.165, 1.54) is 10.9 Å². The Kier molecular flexibility index (Phi) is 2.30. The minimum atomic E-state index is 0.510. The number of para-hydroxylation sites is 1. The van der Waals surface area contributed by atoms with Crippen molar-refractivity contribution in [2.45, 2.75) is 0 Å². The van der Waals surface area contributed by atoms with Gasteiger partial charge in [0.2, 0.25) is 0 Å². The predicted molar refractivity (Wildman–Crippen MR) is 71.3 cm³/mol. The van der Waals surface area contributed by atoms with Gasteiger partial charge in [0.1, 0.15) is 0 Å². The normalized spacial score (nSPS) is 10.9. The van der Waals surface area contributed by atoms with Crippen LogP contribution in [0.2, 0.25) is 0 Å². The number of nitrogens with zero attached hydrogens (tertiary/aromatic N) is 2. The van der Waals surface area contributed by atoms with E-state index in [0.717, 1.165) is 11.3 Å². The van der Waals surface area contributed by atoms with Gasteiger partial charge in [0.25, 0.3) is 0 Å². The number of benzene rings is 1. The largest absolute Gasteiger partial charge is 0.350 e. The molecular weight excluding hydrogens is 230 g/mol. The van der Waals surface area contributed by atoms with Crippen molar-refractivity contribution in [1.82, 2.24) is 14.5 Å². The standard InChI is InChI=1S/C13H11N3S/c1-16-8-10(9-4-2-3-5-12(9)16)11-6-7-14-13(17)15-11/h2-8H,1H3,(H,14,15,17). The number of hydrogen-bond donors (Lipinski definition) is 1. The summed E-state index contributed by atoms with van der Waals surface area (Å²) in [4.78, 5) is 7.12. The SMILES string of the molecule is Cn1cc(-c2ccnc(=S)[nH]2)c2ccccc21. The Hall–Kier alpha value is -1.94. The van der Waals surface area contributed by atoms with Crippen LogP contribution in [0.25, 0.3) is 22.2 Å². The molecule has 0 aliphatic carbocycles. The number of aromatic amines is 1. The van der Waals surface area contributed by atoms with Gasteiger partial charge < -0.3 is 9.55 Å². The lowest BCUT2D eigenvalue weighted by atomic mass is 10.1. The summed E-state index contributed by atoms with van der Waals surface area (Å²) < 4.78 is 2.62. The second kappa shape index (κ2) is 3.82. The molecule has 0 saturated carbocycles. The fourth-order valence-electron chi connectivity index (χ4n) is 2.08. The van der Waals surface area contributed by atoms with Crippen LogP contribution < -0.4 is 0 Å². The van der Waals surface area contributed by atoms with Gasteiger partial charge in [-0.3, -0.25) is 0 Å². The zero-order valence-corrected chi connectivity index (χ0v) is 10.2. The summed E-state index contributed by atoms with van der Waals surface area (Å²) in [7, 11) is 2.04. The van der Waals surface area contributed by atoms with E-state index in [1.54, 1.807) is 6.20 Å². The first-order valence-corrected chi connectivity index (χ1v) is 5.76. The summed E-state index contributed by atoms with van der Waals surface area (Å²) in [6.45, 7) is 0. The minimum Gasteiger partial charge on any atom is -0.350 e. The molecule has 17 heavy (non-hydrogen) atoms. The topological polar surface area (TPSA) is 33.6 Å². The van der Waals surface area contributed by atoms with E-state index in [1.807, 2.05) is 25.2 Å². The molecule has 0 unspecified atom stereocenters. The number of aryl methyl sites for hydroxylation is 1. The first-order chi connectivity index (χ1) is 8.25. The van der Waals surface area contributed by atoms with E-state index >= 15 is 0 Å². The summed E-state index contributed by atoms with van der Waals surface area (Å²) in [6, 6.07) is 10.2. The highest BCUT2D eigenvalue weighted by molar-refractivity contribution is 7.71. The van der Waals surface area contributed by atoms with Crippen molar-refractivity contribution in [3.8, 4) is 11.3 Å². The first-order valence-electron chi connectivity index (χ1n) is 5.35. The molecule has 0 bridgehead atoms. The third kappa shape index (κ3) is 1.66. The van der Waals surface area contributed by atoms with E-state index in [4.69, 9.17) is 12.2 Å². The van der Waals surface area contributed by atoms with Gasteiger partial charge in [-0.1, -0.05) is 18.2 Å². The van der Waals surface area contributed by atoms with Crippen molar-refractivity contribution in [3.63, 3.8) is 0 Å². The molecule has 84 valence electrons. The van der Waals surface area contributed by atoms with Crippen molar-refractivity contribution in [2.24, 2.45) is 7.05 Å². The highest BCUT2D eigenvalue weighted by atomic mass is 32.1. The van der Waals surface area contributed by atoms with Crippen molar-refractivity contribution in [2.75, 3.05) is 0 Å². The monoisotopic (exact) mass is 241 g/mol. The maximum Gasteiger partial charge on any atom is 0.197 e. The zero-order chi connectivity index (χ0) is 11.8. The molecule has 0 spiro atoms. The average Bonchev–Trinajstić information content (AvgIpc) is 2.68. The van der Waals surface area contributed by atoms with Gasteiger partial charge in [0, 0.05) is 35.9 Å². The molecule has 4 heteroatoms. The minimum absolute atomic E-state index is 0.510. The Balaban J connectivity index is 2.35. The van der Waals surface area contributed by atoms with Crippen LogP contribution in [-0.2, 0) is 7.05 Å². The van der Waals surface area contributed by atoms with Crippen LogP contribution >= 0.6 is 12.2 Å². The molecule has 2 heterocycles. The quantitative estimate of drug-likeness (QED) is 0.663. The van der Waals surface area contributed by atoms with Gasteiger partial charge in [0.05, 0.1) is 5.69 Å². The average molecular weight is 241 g/mol. The molecule has 1 aromatic carbocycles. The Bertz CT molecular complexity index is 740. The third-order valence-electron chi connectivity index (χ3n) is 2.86. The molecule has 0 aliphatic heterocycles. The van der Waals surface area contributed by atoms with Gasteiger partial charge in [-0.05, 0) is 24.4 Å². The molecule has 0 fully saturated rings. The maximum absolute atomic E-state index is 5.06. The molecule has 3 nitrogen and oxygen atoms in total. The Labute approximate surface area is 104 Å². The molecule has 0 saturated heterocycles. The number of hydrogen-bond acceptors (Lipinski definition) is 2. The lowest BCUT2D eigenvalue weighted by Crippen LogP contribution is -1.85. The summed E-state index contributed by atoms with van der Waals surface area (Å²) in [6.07, 6.45) is 3.83. The fourth-order valence-corrected chi connectivity index (χ4v) is 2.25. The number of aromatic nitrogens is 3. The number of H-pyrrole nitrogens is 1. The number of nitrogens with one attached hydrogen (secondary N) is 1.